The van der Waals surface area contributed by atoms with E-state index in [0.29, 0.717) is 6.54 Å². The SMILES string of the molecule is CC[C@H](C)[C@H](N)C(=O)N(C)Cc1sccc1C. The van der Waals surface area contributed by atoms with E-state index in [1.54, 1.807) is 16.2 Å². The molecule has 0 saturated heterocycles. The van der Waals surface area contributed by atoms with Crippen molar-refractivity contribution < 1.29 is 4.79 Å². The van der Waals surface area contributed by atoms with Gasteiger partial charge in [0.15, 0.2) is 0 Å². The van der Waals surface area contributed by atoms with E-state index >= 15 is 0 Å². The van der Waals surface area contributed by atoms with Crippen LogP contribution in [0.1, 0.15) is 30.7 Å². The van der Waals surface area contributed by atoms with Crippen molar-refractivity contribution in [3.63, 3.8) is 0 Å². The highest BCUT2D eigenvalue weighted by atomic mass is 32.1. The van der Waals surface area contributed by atoms with E-state index in [2.05, 4.69) is 25.3 Å². The molecule has 1 rings (SSSR count). The molecule has 0 saturated carbocycles. The number of rotatable bonds is 5. The van der Waals surface area contributed by atoms with Crippen LogP contribution in [0.5, 0.6) is 0 Å². The van der Waals surface area contributed by atoms with E-state index in [-0.39, 0.29) is 17.9 Å². The highest BCUT2D eigenvalue weighted by Gasteiger charge is 2.23. The number of nitrogens with zero attached hydrogens (tertiary/aromatic N) is 1. The number of aryl methyl sites for hydroxylation is 1. The zero-order valence-corrected chi connectivity index (χ0v) is 11.9. The molecule has 1 aromatic heterocycles. The summed E-state index contributed by atoms with van der Waals surface area (Å²) in [5, 5.41) is 2.05. The lowest BCUT2D eigenvalue weighted by molar-refractivity contribution is -0.132. The second kappa shape index (κ2) is 6.17. The van der Waals surface area contributed by atoms with Crippen LogP contribution in [0.2, 0.25) is 0 Å². The van der Waals surface area contributed by atoms with E-state index in [1.807, 2.05) is 14.0 Å². The first-order valence-corrected chi connectivity index (χ1v) is 6.88. The Labute approximate surface area is 108 Å². The van der Waals surface area contributed by atoms with Crippen molar-refractivity contribution in [3.8, 4) is 0 Å². The molecule has 0 spiro atoms. The van der Waals surface area contributed by atoms with Gasteiger partial charge in [-0.25, -0.2) is 0 Å². The molecule has 2 atom stereocenters. The number of carbonyl (C=O) groups is 1. The number of amides is 1. The Morgan fingerprint density at radius 3 is 2.71 bits per heavy atom. The zero-order valence-electron chi connectivity index (χ0n) is 11.1. The summed E-state index contributed by atoms with van der Waals surface area (Å²) in [6.07, 6.45) is 0.929. The smallest absolute Gasteiger partial charge is 0.239 e. The normalized spacial score (nSPS) is 14.4. The summed E-state index contributed by atoms with van der Waals surface area (Å²) in [6, 6.07) is 1.69. The van der Waals surface area contributed by atoms with Gasteiger partial charge in [-0.1, -0.05) is 20.3 Å². The molecule has 0 aromatic carbocycles. The highest BCUT2D eigenvalue weighted by molar-refractivity contribution is 7.10. The predicted octanol–water partition coefficient (Wildman–Crippen LogP) is 2.39. The first-order valence-electron chi connectivity index (χ1n) is 6.00. The summed E-state index contributed by atoms with van der Waals surface area (Å²) < 4.78 is 0. The van der Waals surface area contributed by atoms with Crippen LogP contribution in [-0.2, 0) is 11.3 Å². The number of hydrogen-bond acceptors (Lipinski definition) is 3. The summed E-state index contributed by atoms with van der Waals surface area (Å²) in [5.74, 6) is 0.265. The van der Waals surface area contributed by atoms with Crippen LogP contribution in [0.3, 0.4) is 0 Å². The molecule has 2 N–H and O–H groups in total. The van der Waals surface area contributed by atoms with Gasteiger partial charge in [-0.05, 0) is 29.9 Å². The van der Waals surface area contributed by atoms with Crippen molar-refractivity contribution in [1.29, 1.82) is 0 Å². The van der Waals surface area contributed by atoms with Gasteiger partial charge in [-0.2, -0.15) is 0 Å². The molecule has 3 nitrogen and oxygen atoms in total. The standard InChI is InChI=1S/C13H22N2OS/c1-5-9(2)12(14)13(16)15(4)8-11-10(3)6-7-17-11/h6-7,9,12H,5,8,14H2,1-4H3/t9-,12-/m0/s1. The van der Waals surface area contributed by atoms with Gasteiger partial charge in [0.1, 0.15) is 0 Å². The van der Waals surface area contributed by atoms with E-state index in [0.717, 1.165) is 6.42 Å². The van der Waals surface area contributed by atoms with Gasteiger partial charge in [0.2, 0.25) is 5.91 Å². The molecule has 0 aliphatic heterocycles. The molecule has 0 bridgehead atoms. The Kier molecular flexibility index (Phi) is 5.15. The molecule has 1 heterocycles. The fourth-order valence-electron chi connectivity index (χ4n) is 1.61. The number of hydrogen-bond donors (Lipinski definition) is 1. The van der Waals surface area contributed by atoms with Gasteiger partial charge in [0, 0.05) is 11.9 Å². The number of likely N-dealkylation sites (N-methyl/N-ethyl adjacent to an activating group) is 1. The van der Waals surface area contributed by atoms with Crippen molar-refractivity contribution in [2.45, 2.75) is 39.8 Å². The topological polar surface area (TPSA) is 46.3 Å². The summed E-state index contributed by atoms with van der Waals surface area (Å²) in [6.45, 7) is 6.80. The molecule has 1 aromatic rings. The van der Waals surface area contributed by atoms with Gasteiger partial charge in [-0.15, -0.1) is 11.3 Å². The minimum absolute atomic E-state index is 0.0344. The number of nitrogens with two attached hydrogens (primary N) is 1. The van der Waals surface area contributed by atoms with Gasteiger partial charge in [-0.3, -0.25) is 4.79 Å². The van der Waals surface area contributed by atoms with E-state index in [1.165, 1.54) is 10.4 Å². The first-order chi connectivity index (χ1) is 7.97. The van der Waals surface area contributed by atoms with Gasteiger partial charge in [0.05, 0.1) is 12.6 Å². The fraction of sp³-hybridized carbons (Fsp3) is 0.615. The van der Waals surface area contributed by atoms with Crippen LogP contribution >= 0.6 is 11.3 Å². The lowest BCUT2D eigenvalue weighted by Gasteiger charge is -2.24. The van der Waals surface area contributed by atoms with Gasteiger partial charge >= 0.3 is 0 Å². The maximum atomic E-state index is 12.1. The van der Waals surface area contributed by atoms with Crippen LogP contribution in [0.4, 0.5) is 0 Å². The van der Waals surface area contributed by atoms with Crippen molar-refractivity contribution in [1.82, 2.24) is 4.90 Å². The summed E-state index contributed by atoms with van der Waals surface area (Å²) >= 11 is 1.69. The minimum atomic E-state index is -0.384. The second-order valence-corrected chi connectivity index (χ2v) is 5.63. The Morgan fingerprint density at radius 2 is 2.24 bits per heavy atom. The Balaban J connectivity index is 2.61. The molecular formula is C13H22N2OS. The highest BCUT2D eigenvalue weighted by Crippen LogP contribution is 2.18. The van der Waals surface area contributed by atoms with Gasteiger partial charge in [0.25, 0.3) is 0 Å². The van der Waals surface area contributed by atoms with Crippen LogP contribution in [-0.4, -0.2) is 23.9 Å². The number of thiophene rings is 1. The molecule has 17 heavy (non-hydrogen) atoms. The molecule has 0 fully saturated rings. The van der Waals surface area contributed by atoms with Crippen molar-refractivity contribution in [3.05, 3.63) is 21.9 Å². The zero-order chi connectivity index (χ0) is 13.0. The predicted molar refractivity (Wildman–Crippen MR) is 73.0 cm³/mol. The third-order valence-corrected chi connectivity index (χ3v) is 4.28. The molecule has 96 valence electrons. The maximum Gasteiger partial charge on any atom is 0.239 e. The lowest BCUT2D eigenvalue weighted by Crippen LogP contribution is -2.45. The van der Waals surface area contributed by atoms with Crippen molar-refractivity contribution >= 4 is 17.2 Å². The van der Waals surface area contributed by atoms with Crippen molar-refractivity contribution in [2.75, 3.05) is 7.05 Å². The average Bonchev–Trinajstić information content (AvgIpc) is 2.72. The Bertz CT molecular complexity index is 375. The Hall–Kier alpha value is -0.870. The monoisotopic (exact) mass is 254 g/mol. The van der Waals surface area contributed by atoms with E-state index in [9.17, 15) is 4.79 Å². The molecular weight excluding hydrogens is 232 g/mol. The molecule has 0 unspecified atom stereocenters. The second-order valence-electron chi connectivity index (χ2n) is 4.63. The summed E-state index contributed by atoms with van der Waals surface area (Å²) in [7, 11) is 1.82. The molecule has 1 amide bonds. The summed E-state index contributed by atoms with van der Waals surface area (Å²) in [4.78, 5) is 15.1. The molecule has 0 aliphatic carbocycles. The van der Waals surface area contributed by atoms with E-state index < -0.39 is 0 Å². The lowest BCUT2D eigenvalue weighted by atomic mass is 9.99. The summed E-state index contributed by atoms with van der Waals surface area (Å²) in [5.41, 5.74) is 7.19. The number of carbonyl (C=O) groups excluding carboxylic acids is 1. The Morgan fingerprint density at radius 1 is 1.59 bits per heavy atom. The average molecular weight is 254 g/mol. The third-order valence-electron chi connectivity index (χ3n) is 3.27. The third kappa shape index (κ3) is 3.54. The van der Waals surface area contributed by atoms with Gasteiger partial charge < -0.3 is 10.6 Å². The maximum absolute atomic E-state index is 12.1. The fourth-order valence-corrected chi connectivity index (χ4v) is 2.57. The van der Waals surface area contributed by atoms with E-state index in [4.69, 9.17) is 5.73 Å². The molecule has 4 heteroatoms. The molecule has 0 aliphatic rings. The molecule has 0 radical (unpaired) electrons. The minimum Gasteiger partial charge on any atom is -0.339 e. The van der Waals surface area contributed by atoms with Crippen LogP contribution in [0.15, 0.2) is 11.4 Å². The van der Waals surface area contributed by atoms with Crippen molar-refractivity contribution in [2.24, 2.45) is 11.7 Å². The van der Waals surface area contributed by atoms with Crippen LogP contribution in [0, 0.1) is 12.8 Å². The quantitative estimate of drug-likeness (QED) is 0.877. The first kappa shape index (κ1) is 14.2. The van der Waals surface area contributed by atoms with Crippen LogP contribution in [0.25, 0.3) is 0 Å². The largest absolute Gasteiger partial charge is 0.339 e. The van der Waals surface area contributed by atoms with Crippen LogP contribution < -0.4 is 5.73 Å².